The number of benzene rings is 1. The van der Waals surface area contributed by atoms with Crippen LogP contribution in [0.15, 0.2) is 50.4 Å². The molecule has 1 aromatic carbocycles. The molecule has 3 rings (SSSR count). The highest BCUT2D eigenvalue weighted by Crippen LogP contribution is 2.31. The Balaban J connectivity index is 1.71. The topological polar surface area (TPSA) is 87.3 Å². The Labute approximate surface area is 125 Å². The van der Waals surface area contributed by atoms with Gasteiger partial charge < -0.3 is 19.4 Å². The van der Waals surface area contributed by atoms with Crippen molar-refractivity contribution in [2.24, 2.45) is 0 Å². The van der Waals surface area contributed by atoms with E-state index in [9.17, 15) is 0 Å². The van der Waals surface area contributed by atoms with Crippen molar-refractivity contribution in [1.29, 1.82) is 0 Å². The molecule has 0 amide bonds. The molecule has 0 saturated carbocycles. The standard InChI is InChI=1S/C14H13N3O3S/c1-18-9-4-5-10(15)12(7-9)21-8-13-16-14(20-17-13)11-3-2-6-19-11/h2-7H,8,15H2,1H3. The number of nitrogens with zero attached hydrogens (tertiary/aromatic N) is 2. The van der Waals surface area contributed by atoms with Gasteiger partial charge in [-0.2, -0.15) is 4.98 Å². The number of anilines is 1. The van der Waals surface area contributed by atoms with Gasteiger partial charge in [-0.1, -0.05) is 5.16 Å². The summed E-state index contributed by atoms with van der Waals surface area (Å²) in [6.45, 7) is 0. The summed E-state index contributed by atoms with van der Waals surface area (Å²) in [4.78, 5) is 5.19. The van der Waals surface area contributed by atoms with E-state index < -0.39 is 0 Å². The second-order valence-corrected chi connectivity index (χ2v) is 5.20. The van der Waals surface area contributed by atoms with Crippen molar-refractivity contribution in [2.75, 3.05) is 12.8 Å². The summed E-state index contributed by atoms with van der Waals surface area (Å²) < 4.78 is 15.5. The molecule has 0 fully saturated rings. The molecule has 0 aliphatic rings. The normalized spacial score (nSPS) is 10.7. The number of hydrogen-bond donors (Lipinski definition) is 1. The summed E-state index contributed by atoms with van der Waals surface area (Å²) in [5, 5.41) is 3.92. The molecule has 21 heavy (non-hydrogen) atoms. The maximum absolute atomic E-state index is 5.94. The molecule has 0 unspecified atom stereocenters. The minimum Gasteiger partial charge on any atom is -0.497 e. The first-order chi connectivity index (χ1) is 10.3. The van der Waals surface area contributed by atoms with Crippen LogP contribution >= 0.6 is 11.8 Å². The number of hydrogen-bond acceptors (Lipinski definition) is 7. The van der Waals surface area contributed by atoms with E-state index in [1.54, 1.807) is 25.5 Å². The Morgan fingerprint density at radius 2 is 2.24 bits per heavy atom. The average Bonchev–Trinajstić information content (AvgIpc) is 3.17. The third kappa shape index (κ3) is 3.03. The molecule has 0 spiro atoms. The Kier molecular flexibility index (Phi) is 3.83. The number of furan rings is 1. The maximum atomic E-state index is 5.94. The van der Waals surface area contributed by atoms with Crippen LogP contribution in [0, 0.1) is 0 Å². The monoisotopic (exact) mass is 303 g/mol. The zero-order valence-corrected chi connectivity index (χ0v) is 12.1. The molecular weight excluding hydrogens is 290 g/mol. The van der Waals surface area contributed by atoms with E-state index in [-0.39, 0.29) is 0 Å². The second-order valence-electron chi connectivity index (χ2n) is 4.19. The number of nitrogen functional groups attached to an aromatic ring is 1. The molecule has 6 nitrogen and oxygen atoms in total. The van der Waals surface area contributed by atoms with Gasteiger partial charge >= 0.3 is 0 Å². The lowest BCUT2D eigenvalue weighted by molar-refractivity contribution is 0.411. The lowest BCUT2D eigenvalue weighted by Gasteiger charge is -2.06. The van der Waals surface area contributed by atoms with Crippen LogP contribution in [-0.4, -0.2) is 17.3 Å². The second kappa shape index (κ2) is 5.92. The zero-order valence-electron chi connectivity index (χ0n) is 11.3. The molecule has 0 aliphatic heterocycles. The lowest BCUT2D eigenvalue weighted by Crippen LogP contribution is -1.91. The van der Waals surface area contributed by atoms with E-state index in [1.807, 2.05) is 18.2 Å². The Morgan fingerprint density at radius 3 is 3.00 bits per heavy atom. The Morgan fingerprint density at radius 1 is 1.33 bits per heavy atom. The molecule has 7 heteroatoms. The highest BCUT2D eigenvalue weighted by Gasteiger charge is 2.12. The molecule has 0 bridgehead atoms. The van der Waals surface area contributed by atoms with Crippen LogP contribution in [0.2, 0.25) is 0 Å². The smallest absolute Gasteiger partial charge is 0.293 e. The Hall–Kier alpha value is -2.41. The van der Waals surface area contributed by atoms with Gasteiger partial charge in [0.15, 0.2) is 11.6 Å². The SMILES string of the molecule is COc1ccc(N)c(SCc2noc(-c3ccco3)n2)c1. The third-order valence-electron chi connectivity index (χ3n) is 2.78. The van der Waals surface area contributed by atoms with E-state index in [0.29, 0.717) is 28.9 Å². The van der Waals surface area contributed by atoms with Gasteiger partial charge in [0.05, 0.1) is 19.1 Å². The van der Waals surface area contributed by atoms with Gasteiger partial charge in [-0.15, -0.1) is 11.8 Å². The predicted octanol–water partition coefficient (Wildman–Crippen LogP) is 3.21. The van der Waals surface area contributed by atoms with Gasteiger partial charge in [-0.3, -0.25) is 0 Å². The summed E-state index contributed by atoms with van der Waals surface area (Å²) in [6.07, 6.45) is 1.56. The van der Waals surface area contributed by atoms with E-state index in [1.165, 1.54) is 11.8 Å². The van der Waals surface area contributed by atoms with Crippen LogP contribution in [-0.2, 0) is 5.75 Å². The molecule has 0 aliphatic carbocycles. The predicted molar refractivity (Wildman–Crippen MR) is 79.0 cm³/mol. The fraction of sp³-hybridized carbons (Fsp3) is 0.143. The minimum atomic E-state index is 0.370. The first-order valence-electron chi connectivity index (χ1n) is 6.19. The highest BCUT2D eigenvalue weighted by molar-refractivity contribution is 7.98. The summed E-state index contributed by atoms with van der Waals surface area (Å²) in [7, 11) is 1.62. The van der Waals surface area contributed by atoms with Crippen molar-refractivity contribution >= 4 is 17.4 Å². The van der Waals surface area contributed by atoms with Crippen molar-refractivity contribution in [3.05, 3.63) is 42.4 Å². The average molecular weight is 303 g/mol. The molecule has 108 valence electrons. The maximum Gasteiger partial charge on any atom is 0.293 e. The molecule has 2 N–H and O–H groups in total. The molecule has 3 aromatic rings. The fourth-order valence-corrected chi connectivity index (χ4v) is 2.56. The zero-order chi connectivity index (χ0) is 14.7. The van der Waals surface area contributed by atoms with Crippen LogP contribution in [0.3, 0.4) is 0 Å². The number of nitrogens with two attached hydrogens (primary N) is 1. The van der Waals surface area contributed by atoms with Crippen molar-refractivity contribution < 1.29 is 13.7 Å². The molecule has 0 saturated heterocycles. The molecule has 0 atom stereocenters. The van der Waals surface area contributed by atoms with Crippen molar-refractivity contribution in [3.63, 3.8) is 0 Å². The van der Waals surface area contributed by atoms with E-state index >= 15 is 0 Å². The summed E-state index contributed by atoms with van der Waals surface area (Å²) in [5.74, 6) is 2.81. The first-order valence-corrected chi connectivity index (χ1v) is 7.17. The van der Waals surface area contributed by atoms with Crippen LogP contribution in [0.5, 0.6) is 5.75 Å². The van der Waals surface area contributed by atoms with Gasteiger partial charge in [-0.25, -0.2) is 0 Å². The first kappa shape index (κ1) is 13.6. The minimum absolute atomic E-state index is 0.370. The van der Waals surface area contributed by atoms with Crippen LogP contribution in [0.1, 0.15) is 5.82 Å². The third-order valence-corrected chi connectivity index (χ3v) is 3.84. The largest absolute Gasteiger partial charge is 0.497 e. The van der Waals surface area contributed by atoms with Gasteiger partial charge in [0, 0.05) is 10.6 Å². The highest BCUT2D eigenvalue weighted by atomic mass is 32.2. The van der Waals surface area contributed by atoms with Crippen molar-refractivity contribution in [3.8, 4) is 17.4 Å². The van der Waals surface area contributed by atoms with Crippen molar-refractivity contribution in [1.82, 2.24) is 10.1 Å². The van der Waals surface area contributed by atoms with E-state index in [4.69, 9.17) is 19.4 Å². The van der Waals surface area contributed by atoms with E-state index in [2.05, 4.69) is 10.1 Å². The summed E-state index contributed by atoms with van der Waals surface area (Å²) >= 11 is 1.52. The fourth-order valence-electron chi connectivity index (χ4n) is 1.72. The molecule has 2 heterocycles. The summed E-state index contributed by atoms with van der Waals surface area (Å²) in [5.41, 5.74) is 6.63. The quantitative estimate of drug-likeness (QED) is 0.572. The lowest BCUT2D eigenvalue weighted by atomic mass is 10.3. The molecule has 2 aromatic heterocycles. The number of aromatic nitrogens is 2. The molecular formula is C14H13N3O3S. The van der Waals surface area contributed by atoms with Crippen LogP contribution < -0.4 is 10.5 Å². The molecule has 0 radical (unpaired) electrons. The summed E-state index contributed by atoms with van der Waals surface area (Å²) in [6, 6.07) is 9.05. The number of ether oxygens (including phenoxy) is 1. The van der Waals surface area contributed by atoms with Crippen LogP contribution in [0.25, 0.3) is 11.7 Å². The number of rotatable bonds is 5. The number of methoxy groups -OCH3 is 1. The van der Waals surface area contributed by atoms with Crippen LogP contribution in [0.4, 0.5) is 5.69 Å². The van der Waals surface area contributed by atoms with Gasteiger partial charge in [0.25, 0.3) is 5.89 Å². The van der Waals surface area contributed by atoms with Gasteiger partial charge in [-0.05, 0) is 30.3 Å². The number of thioether (sulfide) groups is 1. The Bertz CT molecular complexity index is 725. The van der Waals surface area contributed by atoms with E-state index in [0.717, 1.165) is 10.6 Å². The van der Waals surface area contributed by atoms with Gasteiger partial charge in [0.2, 0.25) is 0 Å². The van der Waals surface area contributed by atoms with Crippen molar-refractivity contribution in [2.45, 2.75) is 10.6 Å². The van der Waals surface area contributed by atoms with Gasteiger partial charge in [0.1, 0.15) is 5.75 Å².